The predicted molar refractivity (Wildman–Crippen MR) is 52.9 cm³/mol. The van der Waals surface area contributed by atoms with Crippen molar-refractivity contribution in [1.29, 1.82) is 0 Å². The molecule has 12 nitrogen and oxygen atoms in total. The van der Waals surface area contributed by atoms with Crippen molar-refractivity contribution in [3.05, 3.63) is 18.7 Å². The fourth-order valence-electron chi connectivity index (χ4n) is 0.359. The first kappa shape index (κ1) is 18.1. The summed E-state index contributed by atoms with van der Waals surface area (Å²) in [5.41, 5.74) is 0. The zero-order valence-corrected chi connectivity index (χ0v) is 8.92. The molecule has 0 aromatic carbocycles. The number of rotatable bonds is 0. The quantitative estimate of drug-likeness (QED) is 0.337. The number of carbonyl (C=O) groups excluding carboxylic acids is 2. The first-order valence-corrected chi connectivity index (χ1v) is 3.95. The maximum Gasteiger partial charge on any atom is 0.528 e. The van der Waals surface area contributed by atoms with Crippen LogP contribution in [0.25, 0.3) is 0 Å². The molecule has 106 valence electrons. The Morgan fingerprint density at radius 3 is 1.42 bits per heavy atom. The molecular weight excluding hydrogens is 272 g/mol. The Morgan fingerprint density at radius 1 is 1.00 bits per heavy atom. The molecule has 12 heteroatoms. The second-order valence-corrected chi connectivity index (χ2v) is 2.03. The highest BCUT2D eigenvalue weighted by molar-refractivity contribution is 5.93. The van der Waals surface area contributed by atoms with Crippen LogP contribution in [0.2, 0.25) is 0 Å². The van der Waals surface area contributed by atoms with Gasteiger partial charge in [-0.25, -0.2) is 24.2 Å². The molecular formula is C7H8N2O10. The van der Waals surface area contributed by atoms with E-state index in [9.17, 15) is 9.59 Å². The van der Waals surface area contributed by atoms with E-state index in [2.05, 4.69) is 19.4 Å². The third-order valence-corrected chi connectivity index (χ3v) is 0.739. The number of nitrogens with zero attached hydrogens (tertiary/aromatic N) is 1. The minimum atomic E-state index is -1.83. The van der Waals surface area contributed by atoms with Crippen LogP contribution in [0.1, 0.15) is 0 Å². The summed E-state index contributed by atoms with van der Waals surface area (Å²) in [7, 11) is 0. The molecule has 5 N–H and O–H groups in total. The van der Waals surface area contributed by atoms with Gasteiger partial charge in [0.15, 0.2) is 0 Å². The number of imidazole rings is 1. The molecule has 2 heterocycles. The summed E-state index contributed by atoms with van der Waals surface area (Å²) in [6, 6.07) is 0. The maximum absolute atomic E-state index is 9.44. The average Bonchev–Trinajstić information content (AvgIpc) is 2.71. The highest BCUT2D eigenvalue weighted by Crippen LogP contribution is 2.00. The molecule has 0 saturated carbocycles. The Hall–Kier alpha value is -3.31. The number of hydrogen-bond donors (Lipinski definition) is 5. The molecule has 1 aromatic heterocycles. The molecule has 2 rings (SSSR count). The summed E-state index contributed by atoms with van der Waals surface area (Å²) in [4.78, 5) is 42.4. The van der Waals surface area contributed by atoms with E-state index in [4.69, 9.17) is 30.0 Å². The van der Waals surface area contributed by atoms with E-state index in [0.717, 1.165) is 0 Å². The van der Waals surface area contributed by atoms with E-state index >= 15 is 0 Å². The normalized spacial score (nSPS) is 10.3. The third kappa shape index (κ3) is 25.2. The molecule has 0 radical (unpaired) electrons. The van der Waals surface area contributed by atoms with Crippen LogP contribution in [0.3, 0.4) is 0 Å². The topological polar surface area (TPSA) is 196 Å². The SMILES string of the molecule is O=C(O)O.O=C(O)O.O=C1OC(=O)O1.c1c[nH]cn1. The fraction of sp³-hybridized carbons (Fsp3) is 0. The maximum atomic E-state index is 9.44. The van der Waals surface area contributed by atoms with Gasteiger partial charge >= 0.3 is 24.6 Å². The van der Waals surface area contributed by atoms with Crippen LogP contribution in [0.5, 0.6) is 0 Å². The van der Waals surface area contributed by atoms with Gasteiger partial charge in [-0.2, -0.15) is 0 Å². The van der Waals surface area contributed by atoms with Gasteiger partial charge in [0.1, 0.15) is 0 Å². The lowest BCUT2D eigenvalue weighted by molar-refractivity contribution is 0.00674. The molecule has 1 aromatic rings. The summed E-state index contributed by atoms with van der Waals surface area (Å²) in [5.74, 6) is 0. The third-order valence-electron chi connectivity index (χ3n) is 0.739. The molecule has 0 atom stereocenters. The first-order valence-electron chi connectivity index (χ1n) is 3.95. The van der Waals surface area contributed by atoms with Crippen LogP contribution in [0.15, 0.2) is 18.7 Å². The minimum Gasteiger partial charge on any atom is -0.450 e. The fourth-order valence-corrected chi connectivity index (χ4v) is 0.359. The molecule has 0 aliphatic carbocycles. The molecule has 1 saturated heterocycles. The van der Waals surface area contributed by atoms with Gasteiger partial charge in [-0.1, -0.05) is 0 Å². The predicted octanol–water partition coefficient (Wildman–Crippen LogP) is 1.13. The van der Waals surface area contributed by atoms with Crippen molar-refractivity contribution in [2.75, 3.05) is 0 Å². The molecule has 0 spiro atoms. The molecule has 1 aliphatic rings. The number of cyclic esters (lactones) is 4. The van der Waals surface area contributed by atoms with Crippen molar-refractivity contribution in [3.8, 4) is 0 Å². The molecule has 0 bridgehead atoms. The van der Waals surface area contributed by atoms with Crippen LogP contribution in [0, 0.1) is 0 Å². The molecule has 19 heavy (non-hydrogen) atoms. The Kier molecular flexibility index (Phi) is 10.6. The Morgan fingerprint density at radius 2 is 1.37 bits per heavy atom. The molecule has 0 amide bonds. The molecule has 0 unspecified atom stereocenters. The highest BCUT2D eigenvalue weighted by atomic mass is 16.9. The van der Waals surface area contributed by atoms with Crippen molar-refractivity contribution in [2.45, 2.75) is 0 Å². The van der Waals surface area contributed by atoms with Crippen molar-refractivity contribution < 1.29 is 49.1 Å². The van der Waals surface area contributed by atoms with E-state index in [1.165, 1.54) is 0 Å². The number of aromatic amines is 1. The standard InChI is InChI=1S/C3H4N2.C2O4.2CH2O3/c1-2-5-3-4-1;3-1-5-2(4)6-1;2*2-1(3)4/h1-3H,(H,4,5);;2*(H2,2,3,4). The minimum absolute atomic E-state index is 0.917. The summed E-state index contributed by atoms with van der Waals surface area (Å²) < 4.78 is 7.28. The van der Waals surface area contributed by atoms with Crippen LogP contribution in [0.4, 0.5) is 19.2 Å². The number of hydrogen-bond acceptors (Lipinski definition) is 7. The Bertz CT molecular complexity index is 341. The zero-order chi connectivity index (χ0) is 15.3. The van der Waals surface area contributed by atoms with E-state index in [1.54, 1.807) is 18.7 Å². The highest BCUT2D eigenvalue weighted by Gasteiger charge is 2.27. The summed E-state index contributed by atoms with van der Waals surface area (Å²) in [6.45, 7) is 0. The van der Waals surface area contributed by atoms with Gasteiger partial charge in [-0.05, 0) is 0 Å². The summed E-state index contributed by atoms with van der Waals surface area (Å²) in [6.07, 6.45) is -0.417. The van der Waals surface area contributed by atoms with Gasteiger partial charge < -0.3 is 34.9 Å². The lowest BCUT2D eigenvalue weighted by Gasteiger charge is -2.05. The van der Waals surface area contributed by atoms with E-state index in [0.29, 0.717) is 0 Å². The van der Waals surface area contributed by atoms with Crippen molar-refractivity contribution >= 4 is 24.6 Å². The molecule has 1 fully saturated rings. The monoisotopic (exact) mass is 280 g/mol. The first-order chi connectivity index (χ1) is 8.75. The van der Waals surface area contributed by atoms with Crippen molar-refractivity contribution in [1.82, 2.24) is 9.97 Å². The van der Waals surface area contributed by atoms with Gasteiger partial charge in [0.05, 0.1) is 6.33 Å². The van der Waals surface area contributed by atoms with Crippen LogP contribution >= 0.6 is 0 Å². The van der Waals surface area contributed by atoms with Crippen LogP contribution < -0.4 is 0 Å². The van der Waals surface area contributed by atoms with Gasteiger partial charge in [0.25, 0.3) is 0 Å². The van der Waals surface area contributed by atoms with E-state index in [1.807, 2.05) is 0 Å². The second-order valence-electron chi connectivity index (χ2n) is 2.03. The van der Waals surface area contributed by atoms with E-state index < -0.39 is 24.6 Å². The van der Waals surface area contributed by atoms with Crippen molar-refractivity contribution in [2.24, 2.45) is 0 Å². The summed E-state index contributed by atoms with van der Waals surface area (Å²) >= 11 is 0. The number of nitrogens with one attached hydrogen (secondary N) is 1. The second kappa shape index (κ2) is 11.2. The number of aromatic nitrogens is 2. The Labute approximate surface area is 103 Å². The number of H-pyrrole nitrogens is 1. The summed E-state index contributed by atoms with van der Waals surface area (Å²) in [5, 5.41) is 27.9. The molecule has 1 aliphatic heterocycles. The average molecular weight is 280 g/mol. The van der Waals surface area contributed by atoms with Gasteiger partial charge in [0, 0.05) is 12.4 Å². The van der Waals surface area contributed by atoms with Gasteiger partial charge in [0.2, 0.25) is 0 Å². The van der Waals surface area contributed by atoms with E-state index in [-0.39, 0.29) is 0 Å². The number of carbonyl (C=O) groups is 4. The lowest BCUT2D eigenvalue weighted by Crippen LogP contribution is -2.27. The van der Waals surface area contributed by atoms with Crippen LogP contribution in [-0.4, -0.2) is 55.0 Å². The largest absolute Gasteiger partial charge is 0.528 e. The number of carboxylic acid groups (broad SMARTS) is 4. The lowest BCUT2D eigenvalue weighted by atomic mass is 11.0. The van der Waals surface area contributed by atoms with Gasteiger partial charge in [-0.15, -0.1) is 0 Å². The zero-order valence-electron chi connectivity index (χ0n) is 8.92. The van der Waals surface area contributed by atoms with Gasteiger partial charge in [-0.3, -0.25) is 0 Å². The smallest absolute Gasteiger partial charge is 0.450 e. The number of ether oxygens (including phenoxy) is 2. The van der Waals surface area contributed by atoms with Crippen molar-refractivity contribution in [3.63, 3.8) is 0 Å². The van der Waals surface area contributed by atoms with Crippen LogP contribution in [-0.2, 0) is 9.47 Å². The Balaban J connectivity index is 0.